The number of carbonyl (C=O) groups excluding carboxylic acids is 1. The summed E-state index contributed by atoms with van der Waals surface area (Å²) in [6.45, 7) is 2.12. The van der Waals surface area contributed by atoms with Crippen molar-refractivity contribution in [2.45, 2.75) is 19.8 Å². The molecule has 0 aliphatic carbocycles. The number of aryl methyl sites for hydroxylation is 1. The largest absolute Gasteiger partial charge is 0.397 e. The van der Waals surface area contributed by atoms with E-state index in [1.54, 1.807) is 0 Å². The molecular formula is C16H17N3O. The molecule has 0 saturated carbocycles. The van der Waals surface area contributed by atoms with Crippen molar-refractivity contribution in [3.05, 3.63) is 47.5 Å². The van der Waals surface area contributed by atoms with E-state index in [2.05, 4.69) is 23.6 Å². The molecule has 0 saturated heterocycles. The van der Waals surface area contributed by atoms with Gasteiger partial charge in [0.1, 0.15) is 0 Å². The number of nitrogens with two attached hydrogens (primary N) is 1. The number of nitrogen functional groups attached to an aromatic ring is 1. The number of anilines is 4. The van der Waals surface area contributed by atoms with Gasteiger partial charge in [-0.25, -0.2) is 0 Å². The van der Waals surface area contributed by atoms with Crippen LogP contribution in [0.15, 0.2) is 36.4 Å². The van der Waals surface area contributed by atoms with E-state index in [0.29, 0.717) is 12.1 Å². The highest BCUT2D eigenvalue weighted by atomic mass is 16.1. The number of amides is 1. The fourth-order valence-electron chi connectivity index (χ4n) is 2.50. The average Bonchev–Trinajstić information content (AvgIpc) is 2.79. The van der Waals surface area contributed by atoms with Crippen LogP contribution >= 0.6 is 0 Å². The lowest BCUT2D eigenvalue weighted by atomic mass is 10.1. The van der Waals surface area contributed by atoms with E-state index < -0.39 is 0 Å². The SMILES string of the molecule is CCc1ccccc1Nc1cc2c(cc1N)CC(=O)N2. The lowest BCUT2D eigenvalue weighted by molar-refractivity contribution is -0.115. The summed E-state index contributed by atoms with van der Waals surface area (Å²) in [7, 11) is 0. The van der Waals surface area contributed by atoms with Crippen molar-refractivity contribution in [1.82, 2.24) is 0 Å². The second-order valence-corrected chi connectivity index (χ2v) is 4.96. The molecule has 0 unspecified atom stereocenters. The van der Waals surface area contributed by atoms with Gasteiger partial charge in [-0.1, -0.05) is 25.1 Å². The number of nitrogens with one attached hydrogen (secondary N) is 2. The molecule has 4 nitrogen and oxygen atoms in total. The smallest absolute Gasteiger partial charge is 0.228 e. The van der Waals surface area contributed by atoms with E-state index in [1.165, 1.54) is 5.56 Å². The Morgan fingerprint density at radius 3 is 2.85 bits per heavy atom. The van der Waals surface area contributed by atoms with Crippen LogP contribution in [0.3, 0.4) is 0 Å². The summed E-state index contributed by atoms with van der Waals surface area (Å²) in [5.41, 5.74) is 11.6. The van der Waals surface area contributed by atoms with E-state index in [4.69, 9.17) is 5.73 Å². The summed E-state index contributed by atoms with van der Waals surface area (Å²) in [5.74, 6) is 0.0190. The van der Waals surface area contributed by atoms with E-state index in [0.717, 1.165) is 29.0 Å². The number of fused-ring (bicyclic) bond motifs is 1. The van der Waals surface area contributed by atoms with Gasteiger partial charge in [0.05, 0.1) is 17.8 Å². The zero-order chi connectivity index (χ0) is 14.1. The predicted molar refractivity (Wildman–Crippen MR) is 82.3 cm³/mol. The van der Waals surface area contributed by atoms with Gasteiger partial charge in [0, 0.05) is 11.4 Å². The van der Waals surface area contributed by atoms with Crippen molar-refractivity contribution in [1.29, 1.82) is 0 Å². The molecule has 102 valence electrons. The van der Waals surface area contributed by atoms with Gasteiger partial charge in [-0.2, -0.15) is 0 Å². The third-order valence-corrected chi connectivity index (χ3v) is 3.57. The minimum Gasteiger partial charge on any atom is -0.397 e. The summed E-state index contributed by atoms with van der Waals surface area (Å²) >= 11 is 0. The highest BCUT2D eigenvalue weighted by Gasteiger charge is 2.19. The maximum absolute atomic E-state index is 11.4. The van der Waals surface area contributed by atoms with Gasteiger partial charge in [0.25, 0.3) is 0 Å². The molecule has 0 fully saturated rings. The predicted octanol–water partition coefficient (Wildman–Crippen LogP) is 3.07. The Morgan fingerprint density at radius 2 is 2.05 bits per heavy atom. The first-order valence-electron chi connectivity index (χ1n) is 6.74. The average molecular weight is 267 g/mol. The monoisotopic (exact) mass is 267 g/mol. The highest BCUT2D eigenvalue weighted by molar-refractivity contribution is 6.01. The third kappa shape index (κ3) is 2.20. The minimum atomic E-state index is 0.0190. The quantitative estimate of drug-likeness (QED) is 0.749. The number of rotatable bonds is 3. The number of benzene rings is 2. The van der Waals surface area contributed by atoms with Crippen molar-refractivity contribution >= 4 is 28.7 Å². The maximum Gasteiger partial charge on any atom is 0.228 e. The molecule has 20 heavy (non-hydrogen) atoms. The number of hydrogen-bond acceptors (Lipinski definition) is 3. The van der Waals surface area contributed by atoms with Crippen LogP contribution in [0.1, 0.15) is 18.1 Å². The lowest BCUT2D eigenvalue weighted by Crippen LogP contribution is -2.03. The van der Waals surface area contributed by atoms with Crippen molar-refractivity contribution in [2.24, 2.45) is 0 Å². The zero-order valence-electron chi connectivity index (χ0n) is 11.4. The van der Waals surface area contributed by atoms with Crippen LogP contribution in [0.25, 0.3) is 0 Å². The fraction of sp³-hybridized carbons (Fsp3) is 0.188. The molecule has 1 aliphatic heterocycles. The topological polar surface area (TPSA) is 67.1 Å². The normalized spacial score (nSPS) is 12.9. The molecule has 2 aromatic rings. The molecule has 1 heterocycles. The molecule has 3 rings (SSSR count). The molecule has 4 N–H and O–H groups in total. The van der Waals surface area contributed by atoms with Gasteiger partial charge in [-0.15, -0.1) is 0 Å². The first-order chi connectivity index (χ1) is 9.67. The Balaban J connectivity index is 1.96. The molecule has 1 aliphatic rings. The first-order valence-corrected chi connectivity index (χ1v) is 6.74. The Labute approximate surface area is 118 Å². The summed E-state index contributed by atoms with van der Waals surface area (Å²) in [4.78, 5) is 11.4. The van der Waals surface area contributed by atoms with Crippen molar-refractivity contribution in [3.63, 3.8) is 0 Å². The van der Waals surface area contributed by atoms with E-state index in [-0.39, 0.29) is 5.91 Å². The van der Waals surface area contributed by atoms with E-state index in [9.17, 15) is 4.79 Å². The summed E-state index contributed by atoms with van der Waals surface area (Å²) in [5, 5.41) is 6.20. The maximum atomic E-state index is 11.4. The van der Waals surface area contributed by atoms with Crippen LogP contribution in [0, 0.1) is 0 Å². The zero-order valence-corrected chi connectivity index (χ0v) is 11.4. The Bertz CT molecular complexity index is 679. The van der Waals surface area contributed by atoms with Crippen LogP contribution < -0.4 is 16.4 Å². The first kappa shape index (κ1) is 12.5. The minimum absolute atomic E-state index is 0.0190. The van der Waals surface area contributed by atoms with Crippen LogP contribution in [-0.4, -0.2) is 5.91 Å². The molecule has 0 radical (unpaired) electrons. The summed E-state index contributed by atoms with van der Waals surface area (Å²) in [6, 6.07) is 11.9. The van der Waals surface area contributed by atoms with Crippen molar-refractivity contribution in [2.75, 3.05) is 16.4 Å². The van der Waals surface area contributed by atoms with E-state index >= 15 is 0 Å². The Kier molecular flexibility index (Phi) is 3.06. The van der Waals surface area contributed by atoms with Gasteiger partial charge in [0.2, 0.25) is 5.91 Å². The van der Waals surface area contributed by atoms with Crippen LogP contribution in [0.2, 0.25) is 0 Å². The molecule has 4 heteroatoms. The molecular weight excluding hydrogens is 250 g/mol. The second kappa shape index (κ2) is 4.89. The standard InChI is InChI=1S/C16H17N3O/c1-2-10-5-3-4-6-13(10)18-15-9-14-11(7-12(15)17)8-16(20)19-14/h3-7,9,18H,2,8,17H2,1H3,(H,19,20). The number of carbonyl (C=O) groups is 1. The van der Waals surface area contributed by atoms with Crippen LogP contribution in [-0.2, 0) is 17.6 Å². The van der Waals surface area contributed by atoms with Gasteiger partial charge in [0.15, 0.2) is 0 Å². The van der Waals surface area contributed by atoms with Gasteiger partial charge in [-0.05, 0) is 35.7 Å². The Hall–Kier alpha value is -2.49. The molecule has 2 aromatic carbocycles. The molecule has 1 amide bonds. The lowest BCUT2D eigenvalue weighted by Gasteiger charge is -2.14. The molecule has 0 atom stereocenters. The van der Waals surface area contributed by atoms with Gasteiger partial charge < -0.3 is 16.4 Å². The van der Waals surface area contributed by atoms with Crippen LogP contribution in [0.4, 0.5) is 22.7 Å². The molecule has 0 aromatic heterocycles. The fourth-order valence-corrected chi connectivity index (χ4v) is 2.50. The molecule has 0 bridgehead atoms. The second-order valence-electron chi connectivity index (χ2n) is 4.96. The van der Waals surface area contributed by atoms with Crippen molar-refractivity contribution in [3.8, 4) is 0 Å². The highest BCUT2D eigenvalue weighted by Crippen LogP contribution is 2.33. The number of para-hydroxylation sites is 1. The van der Waals surface area contributed by atoms with E-state index in [1.807, 2.05) is 30.3 Å². The van der Waals surface area contributed by atoms with Crippen LogP contribution in [0.5, 0.6) is 0 Å². The van der Waals surface area contributed by atoms with Crippen molar-refractivity contribution < 1.29 is 4.79 Å². The molecule has 0 spiro atoms. The summed E-state index contributed by atoms with van der Waals surface area (Å²) < 4.78 is 0. The Morgan fingerprint density at radius 1 is 1.25 bits per heavy atom. The van der Waals surface area contributed by atoms with Gasteiger partial charge >= 0.3 is 0 Å². The summed E-state index contributed by atoms with van der Waals surface area (Å²) in [6.07, 6.45) is 1.36. The third-order valence-electron chi connectivity index (χ3n) is 3.57. The van der Waals surface area contributed by atoms with Gasteiger partial charge in [-0.3, -0.25) is 4.79 Å². The number of hydrogen-bond donors (Lipinski definition) is 3.